The fourth-order valence-corrected chi connectivity index (χ4v) is 2.45. The fourth-order valence-electron chi connectivity index (χ4n) is 1.31. The first-order valence-electron chi connectivity index (χ1n) is 4.52. The third-order valence-electron chi connectivity index (χ3n) is 2.03. The molecule has 0 saturated heterocycles. The van der Waals surface area contributed by atoms with Crippen LogP contribution in [0.25, 0.3) is 0 Å². The maximum absolute atomic E-state index is 5.40. The van der Waals surface area contributed by atoms with Gasteiger partial charge in [-0.3, -0.25) is 0 Å². The molecule has 76 valence electrons. The Morgan fingerprint density at radius 1 is 1.71 bits per heavy atom. The highest BCUT2D eigenvalue weighted by Crippen LogP contribution is 2.27. The van der Waals surface area contributed by atoms with Crippen molar-refractivity contribution in [2.24, 2.45) is 0 Å². The molecule has 0 spiro atoms. The second-order valence-corrected chi connectivity index (χ2v) is 4.72. The van der Waals surface area contributed by atoms with Crippen molar-refractivity contribution < 1.29 is 0 Å². The summed E-state index contributed by atoms with van der Waals surface area (Å²) in [7, 11) is 3.98. The monoisotopic (exact) mass is 225 g/mol. The maximum atomic E-state index is 5.40. The zero-order chi connectivity index (χ0) is 10.6. The lowest BCUT2D eigenvalue weighted by atomic mass is 10.0. The average Bonchev–Trinajstić information content (AvgIpc) is 2.65. The molecule has 1 atom stereocenters. The molecule has 0 aliphatic heterocycles. The van der Waals surface area contributed by atoms with Crippen molar-refractivity contribution in [3.8, 4) is 0 Å². The number of likely N-dealkylation sites (N-methyl/N-ethyl adjacent to an activating group) is 1. The predicted octanol–water partition coefficient (Wildman–Crippen LogP) is 3.30. The van der Waals surface area contributed by atoms with Gasteiger partial charge >= 0.3 is 0 Å². The molecular weight excluding hydrogens is 210 g/mol. The molecular formula is C11H15NS2. The lowest BCUT2D eigenvalue weighted by Crippen LogP contribution is -2.25. The van der Waals surface area contributed by atoms with E-state index in [0.29, 0.717) is 5.92 Å². The van der Waals surface area contributed by atoms with Crippen LogP contribution in [0.1, 0.15) is 17.2 Å². The Morgan fingerprint density at radius 2 is 2.43 bits per heavy atom. The lowest BCUT2D eigenvalue weighted by molar-refractivity contribution is 0.603. The van der Waals surface area contributed by atoms with Crippen molar-refractivity contribution in [1.82, 2.24) is 4.90 Å². The third kappa shape index (κ3) is 2.66. The van der Waals surface area contributed by atoms with E-state index in [4.69, 9.17) is 12.2 Å². The van der Waals surface area contributed by atoms with Gasteiger partial charge in [-0.2, -0.15) is 0 Å². The topological polar surface area (TPSA) is 3.24 Å². The second kappa shape index (κ2) is 5.27. The summed E-state index contributed by atoms with van der Waals surface area (Å²) in [6.45, 7) is 3.78. The molecule has 1 unspecified atom stereocenters. The van der Waals surface area contributed by atoms with Crippen LogP contribution in [0.4, 0.5) is 0 Å². The molecule has 0 radical (unpaired) electrons. The van der Waals surface area contributed by atoms with Crippen LogP contribution in [0.5, 0.6) is 0 Å². The molecule has 1 nitrogen and oxygen atoms in total. The Morgan fingerprint density at radius 3 is 2.86 bits per heavy atom. The Labute approximate surface area is 95.1 Å². The molecule has 1 heterocycles. The molecule has 1 aromatic heterocycles. The summed E-state index contributed by atoms with van der Waals surface area (Å²) in [6.07, 6.45) is 2.84. The van der Waals surface area contributed by atoms with E-state index < -0.39 is 0 Å². The van der Waals surface area contributed by atoms with Crippen molar-refractivity contribution in [3.63, 3.8) is 0 Å². The first kappa shape index (κ1) is 11.4. The standard InChI is InChI=1S/C11H15NS2/c1-4-6-9(11(13)12(2)3)10-7-5-8-14-10/h4-5,7-9H,1,6H2,2-3H3. The van der Waals surface area contributed by atoms with Gasteiger partial charge in [-0.05, 0) is 17.9 Å². The molecule has 0 aromatic carbocycles. The largest absolute Gasteiger partial charge is 0.372 e. The average molecular weight is 225 g/mol. The summed E-state index contributed by atoms with van der Waals surface area (Å²) < 4.78 is 0. The minimum atomic E-state index is 0.317. The van der Waals surface area contributed by atoms with Gasteiger partial charge in [0, 0.05) is 24.9 Å². The highest BCUT2D eigenvalue weighted by molar-refractivity contribution is 7.80. The number of rotatable bonds is 4. The third-order valence-corrected chi connectivity index (χ3v) is 3.66. The quantitative estimate of drug-likeness (QED) is 0.571. The fraction of sp³-hybridized carbons (Fsp3) is 0.364. The lowest BCUT2D eigenvalue weighted by Gasteiger charge is -2.21. The second-order valence-electron chi connectivity index (χ2n) is 3.33. The maximum Gasteiger partial charge on any atom is 0.0861 e. The zero-order valence-corrected chi connectivity index (χ0v) is 10.2. The minimum Gasteiger partial charge on any atom is -0.372 e. The van der Waals surface area contributed by atoms with Crippen molar-refractivity contribution in [2.75, 3.05) is 14.1 Å². The Balaban J connectivity index is 2.84. The molecule has 0 amide bonds. The molecule has 0 aliphatic carbocycles. The van der Waals surface area contributed by atoms with Gasteiger partial charge in [0.25, 0.3) is 0 Å². The number of thiophene rings is 1. The van der Waals surface area contributed by atoms with E-state index in [0.717, 1.165) is 11.4 Å². The summed E-state index contributed by atoms with van der Waals surface area (Å²) >= 11 is 7.15. The van der Waals surface area contributed by atoms with Crippen molar-refractivity contribution in [3.05, 3.63) is 35.0 Å². The van der Waals surface area contributed by atoms with Crippen LogP contribution >= 0.6 is 23.6 Å². The summed E-state index contributed by atoms with van der Waals surface area (Å²) in [6, 6.07) is 4.20. The molecule has 0 N–H and O–H groups in total. The van der Waals surface area contributed by atoms with E-state index in [2.05, 4.69) is 24.1 Å². The van der Waals surface area contributed by atoms with Gasteiger partial charge in [-0.25, -0.2) is 0 Å². The number of allylic oxidation sites excluding steroid dienone is 1. The highest BCUT2D eigenvalue weighted by Gasteiger charge is 2.17. The van der Waals surface area contributed by atoms with Crippen LogP contribution < -0.4 is 0 Å². The van der Waals surface area contributed by atoms with E-state index in [1.165, 1.54) is 4.88 Å². The van der Waals surface area contributed by atoms with Crippen LogP contribution in [0, 0.1) is 0 Å². The van der Waals surface area contributed by atoms with Gasteiger partial charge in [-0.15, -0.1) is 17.9 Å². The van der Waals surface area contributed by atoms with Gasteiger partial charge in [0.2, 0.25) is 0 Å². The summed E-state index contributed by atoms with van der Waals surface area (Å²) in [5.41, 5.74) is 0. The van der Waals surface area contributed by atoms with Gasteiger partial charge in [0.15, 0.2) is 0 Å². The smallest absolute Gasteiger partial charge is 0.0861 e. The van der Waals surface area contributed by atoms with Crippen LogP contribution in [0.3, 0.4) is 0 Å². The SMILES string of the molecule is C=CCC(C(=S)N(C)C)c1cccs1. The minimum absolute atomic E-state index is 0.317. The molecule has 0 saturated carbocycles. The van der Waals surface area contributed by atoms with E-state index in [9.17, 15) is 0 Å². The number of thiocarbonyl (C=S) groups is 1. The van der Waals surface area contributed by atoms with Gasteiger partial charge in [-0.1, -0.05) is 24.4 Å². The molecule has 1 rings (SSSR count). The number of nitrogens with zero attached hydrogens (tertiary/aromatic N) is 1. The van der Waals surface area contributed by atoms with Crippen LogP contribution in [0.15, 0.2) is 30.2 Å². The predicted molar refractivity (Wildman–Crippen MR) is 68.2 cm³/mol. The van der Waals surface area contributed by atoms with E-state index in [1.807, 2.05) is 25.1 Å². The van der Waals surface area contributed by atoms with Crippen LogP contribution in [-0.4, -0.2) is 24.0 Å². The van der Waals surface area contributed by atoms with Crippen molar-refractivity contribution >= 4 is 28.5 Å². The summed E-state index contributed by atoms with van der Waals surface area (Å²) in [5.74, 6) is 0.317. The van der Waals surface area contributed by atoms with Crippen molar-refractivity contribution in [1.29, 1.82) is 0 Å². The highest BCUT2D eigenvalue weighted by atomic mass is 32.1. The van der Waals surface area contributed by atoms with Gasteiger partial charge in [0.05, 0.1) is 4.99 Å². The Hall–Kier alpha value is -0.670. The van der Waals surface area contributed by atoms with Gasteiger partial charge < -0.3 is 4.90 Å². The molecule has 1 aromatic rings. The first-order valence-corrected chi connectivity index (χ1v) is 5.81. The first-order chi connectivity index (χ1) is 6.66. The summed E-state index contributed by atoms with van der Waals surface area (Å²) in [4.78, 5) is 4.31. The molecule has 3 heteroatoms. The van der Waals surface area contributed by atoms with E-state index in [-0.39, 0.29) is 0 Å². The van der Waals surface area contributed by atoms with E-state index in [1.54, 1.807) is 11.3 Å². The van der Waals surface area contributed by atoms with Crippen LogP contribution in [-0.2, 0) is 0 Å². The van der Waals surface area contributed by atoms with Crippen LogP contribution in [0.2, 0.25) is 0 Å². The molecule has 0 bridgehead atoms. The normalized spacial score (nSPS) is 12.1. The Kier molecular flexibility index (Phi) is 4.29. The van der Waals surface area contributed by atoms with E-state index >= 15 is 0 Å². The molecule has 0 aliphatic rings. The molecule has 14 heavy (non-hydrogen) atoms. The zero-order valence-electron chi connectivity index (χ0n) is 8.56. The summed E-state index contributed by atoms with van der Waals surface area (Å²) in [5, 5.41) is 2.09. The number of hydrogen-bond donors (Lipinski definition) is 0. The Bertz CT molecular complexity index is 301. The van der Waals surface area contributed by atoms with Crippen molar-refractivity contribution in [2.45, 2.75) is 12.3 Å². The molecule has 0 fully saturated rings. The number of hydrogen-bond acceptors (Lipinski definition) is 2. The van der Waals surface area contributed by atoms with Gasteiger partial charge in [0.1, 0.15) is 0 Å².